The molecule has 1 aliphatic heterocycles. The lowest BCUT2D eigenvalue weighted by atomic mass is 10.1. The van der Waals surface area contributed by atoms with Crippen LogP contribution in [-0.4, -0.2) is 79.7 Å². The Balaban J connectivity index is 1.82. The van der Waals surface area contributed by atoms with Crippen molar-refractivity contribution in [3.05, 3.63) is 42.2 Å². The van der Waals surface area contributed by atoms with Crippen LogP contribution < -0.4 is 19.5 Å². The highest BCUT2D eigenvalue weighted by Gasteiger charge is 2.39. The molecule has 1 aromatic carbocycles. The fourth-order valence-electron chi connectivity index (χ4n) is 3.57. The first-order chi connectivity index (χ1) is 18.1. The number of hydrogen-bond acceptors (Lipinski definition) is 11. The summed E-state index contributed by atoms with van der Waals surface area (Å²) in [5.41, 5.74) is -0.338. The first-order valence-electron chi connectivity index (χ1n) is 12.0. The molecule has 1 aliphatic rings. The van der Waals surface area contributed by atoms with Gasteiger partial charge in [0.2, 0.25) is 0 Å². The van der Waals surface area contributed by atoms with Crippen molar-refractivity contribution in [1.29, 1.82) is 0 Å². The summed E-state index contributed by atoms with van der Waals surface area (Å²) in [7, 11) is 2.87. The van der Waals surface area contributed by atoms with E-state index in [0.29, 0.717) is 11.5 Å². The third-order valence-electron chi connectivity index (χ3n) is 5.68. The molecule has 4 atom stereocenters. The van der Waals surface area contributed by atoms with Crippen LogP contribution in [0.5, 0.6) is 23.0 Å². The molecule has 0 bridgehead atoms. The van der Waals surface area contributed by atoms with Gasteiger partial charge in [0.05, 0.1) is 33.4 Å². The summed E-state index contributed by atoms with van der Waals surface area (Å²) in [5.74, 6) is -1.98. The van der Waals surface area contributed by atoms with E-state index in [1.165, 1.54) is 19.4 Å². The standard InChI is InChI=1S/C26H32N2O10/c1-14(2)25(31)38-23-15(3)36-26(32)18(28-24(30)21-22(29)19(34-5)10-11-27-21)12-35-13-20(23)37-17-8-6-16(33-4)7-9-17/h6-11,14-15,18,20,23,29H,12-13H2,1-5H3,(H,28,30)/t15-,18-,20-,23-/m0/s1. The van der Waals surface area contributed by atoms with Crippen molar-refractivity contribution < 1.29 is 47.9 Å². The van der Waals surface area contributed by atoms with Gasteiger partial charge in [-0.3, -0.25) is 9.59 Å². The van der Waals surface area contributed by atoms with E-state index in [4.69, 9.17) is 28.4 Å². The molecule has 0 radical (unpaired) electrons. The minimum Gasteiger partial charge on any atom is -0.503 e. The molecular formula is C26H32N2O10. The second kappa shape index (κ2) is 13.0. The minimum atomic E-state index is -1.25. The zero-order valence-electron chi connectivity index (χ0n) is 21.8. The smallest absolute Gasteiger partial charge is 0.331 e. The van der Waals surface area contributed by atoms with Gasteiger partial charge in [0.25, 0.3) is 5.91 Å². The predicted molar refractivity (Wildman–Crippen MR) is 132 cm³/mol. The lowest BCUT2D eigenvalue weighted by Gasteiger charge is -2.31. The summed E-state index contributed by atoms with van der Waals surface area (Å²) in [6.45, 7) is 4.53. The van der Waals surface area contributed by atoms with E-state index < -0.39 is 53.9 Å². The third-order valence-corrected chi connectivity index (χ3v) is 5.68. The van der Waals surface area contributed by atoms with Gasteiger partial charge in [0, 0.05) is 12.3 Å². The average Bonchev–Trinajstić information content (AvgIpc) is 2.94. The van der Waals surface area contributed by atoms with Gasteiger partial charge in [0.1, 0.15) is 17.6 Å². The number of pyridine rings is 1. The second-order valence-corrected chi connectivity index (χ2v) is 8.80. The number of carbonyl (C=O) groups excluding carboxylic acids is 3. The normalized spacial score (nSPS) is 21.8. The topological polar surface area (TPSA) is 152 Å². The lowest BCUT2D eigenvalue weighted by Crippen LogP contribution is -2.48. The summed E-state index contributed by atoms with van der Waals surface area (Å²) in [6, 6.07) is 6.90. The molecule has 2 heterocycles. The molecule has 2 aromatic rings. The summed E-state index contributed by atoms with van der Waals surface area (Å²) in [6.07, 6.45) is -1.55. The summed E-state index contributed by atoms with van der Waals surface area (Å²) in [4.78, 5) is 42.1. The van der Waals surface area contributed by atoms with Gasteiger partial charge >= 0.3 is 11.9 Å². The van der Waals surface area contributed by atoms with Gasteiger partial charge < -0.3 is 38.8 Å². The zero-order valence-corrected chi connectivity index (χ0v) is 21.8. The number of carbonyl (C=O) groups is 3. The largest absolute Gasteiger partial charge is 0.503 e. The molecule has 1 amide bonds. The number of aromatic nitrogens is 1. The van der Waals surface area contributed by atoms with Crippen LogP contribution in [0.25, 0.3) is 0 Å². The molecule has 0 saturated carbocycles. The maximum atomic E-state index is 13.0. The number of methoxy groups -OCH3 is 2. The third kappa shape index (κ3) is 7.03. The van der Waals surface area contributed by atoms with Crippen molar-refractivity contribution in [3.8, 4) is 23.0 Å². The zero-order chi connectivity index (χ0) is 27.8. The maximum Gasteiger partial charge on any atom is 0.331 e. The van der Waals surface area contributed by atoms with Gasteiger partial charge in [-0.25, -0.2) is 9.78 Å². The van der Waals surface area contributed by atoms with Crippen LogP contribution in [0.2, 0.25) is 0 Å². The van der Waals surface area contributed by atoms with Gasteiger partial charge in [-0.1, -0.05) is 13.8 Å². The van der Waals surface area contributed by atoms with Crippen LogP contribution in [0.4, 0.5) is 0 Å². The van der Waals surface area contributed by atoms with Crippen LogP contribution >= 0.6 is 0 Å². The van der Waals surface area contributed by atoms with E-state index in [1.54, 1.807) is 52.1 Å². The fourth-order valence-corrected chi connectivity index (χ4v) is 3.57. The highest BCUT2D eigenvalue weighted by molar-refractivity contribution is 5.98. The number of benzene rings is 1. The molecule has 0 spiro atoms. The SMILES string of the molecule is COc1ccc(O[C@H]2COC[C@H](NC(=O)c3nccc(OC)c3O)C(=O)O[C@@H](C)[C@@H]2OC(=O)C(C)C)cc1. The van der Waals surface area contributed by atoms with E-state index in [0.717, 1.165) is 0 Å². The molecule has 206 valence electrons. The van der Waals surface area contributed by atoms with E-state index in [1.807, 2.05) is 0 Å². The summed E-state index contributed by atoms with van der Waals surface area (Å²) in [5, 5.41) is 12.7. The second-order valence-electron chi connectivity index (χ2n) is 8.80. The summed E-state index contributed by atoms with van der Waals surface area (Å²) < 4.78 is 33.2. The van der Waals surface area contributed by atoms with Crippen LogP contribution in [0.15, 0.2) is 36.5 Å². The molecule has 38 heavy (non-hydrogen) atoms. The molecule has 2 N–H and O–H groups in total. The van der Waals surface area contributed by atoms with Crippen molar-refractivity contribution in [3.63, 3.8) is 0 Å². The summed E-state index contributed by atoms with van der Waals surface area (Å²) >= 11 is 0. The first kappa shape index (κ1) is 28.5. The first-order valence-corrected chi connectivity index (χ1v) is 12.0. The molecule has 1 fully saturated rings. The minimum absolute atomic E-state index is 0.0420. The Hall–Kier alpha value is -4.06. The van der Waals surface area contributed by atoms with Crippen molar-refractivity contribution in [1.82, 2.24) is 10.3 Å². The number of nitrogens with one attached hydrogen (secondary N) is 1. The quantitative estimate of drug-likeness (QED) is 0.479. The van der Waals surface area contributed by atoms with Crippen LogP contribution in [0.1, 0.15) is 31.3 Å². The average molecular weight is 533 g/mol. The van der Waals surface area contributed by atoms with Crippen LogP contribution in [0.3, 0.4) is 0 Å². The van der Waals surface area contributed by atoms with Crippen molar-refractivity contribution >= 4 is 17.8 Å². The van der Waals surface area contributed by atoms with E-state index in [9.17, 15) is 19.5 Å². The Morgan fingerprint density at radius 1 is 1.08 bits per heavy atom. The highest BCUT2D eigenvalue weighted by atomic mass is 16.6. The van der Waals surface area contributed by atoms with Crippen molar-refractivity contribution in [2.24, 2.45) is 5.92 Å². The molecule has 12 heteroatoms. The lowest BCUT2D eigenvalue weighted by molar-refractivity contribution is -0.176. The van der Waals surface area contributed by atoms with Crippen LogP contribution in [0, 0.1) is 5.92 Å². The van der Waals surface area contributed by atoms with Gasteiger partial charge in [0.15, 0.2) is 35.4 Å². The fraction of sp³-hybridized carbons (Fsp3) is 0.462. The van der Waals surface area contributed by atoms with Gasteiger partial charge in [-0.15, -0.1) is 0 Å². The number of cyclic esters (lactones) is 1. The Bertz CT molecular complexity index is 1120. The Morgan fingerprint density at radius 2 is 1.76 bits per heavy atom. The number of ether oxygens (including phenoxy) is 6. The Labute approximate surface area is 220 Å². The van der Waals surface area contributed by atoms with E-state index in [-0.39, 0.29) is 24.7 Å². The van der Waals surface area contributed by atoms with Gasteiger partial charge in [-0.05, 0) is 31.2 Å². The predicted octanol–water partition coefficient (Wildman–Crippen LogP) is 1.88. The molecule has 3 rings (SSSR count). The molecule has 0 aliphatic carbocycles. The number of rotatable bonds is 8. The van der Waals surface area contributed by atoms with E-state index >= 15 is 0 Å². The number of nitrogens with zero attached hydrogens (tertiary/aromatic N) is 1. The molecule has 1 aromatic heterocycles. The van der Waals surface area contributed by atoms with E-state index in [2.05, 4.69) is 10.3 Å². The molecular weight excluding hydrogens is 500 g/mol. The number of amides is 1. The monoisotopic (exact) mass is 532 g/mol. The molecule has 1 saturated heterocycles. The highest BCUT2D eigenvalue weighted by Crippen LogP contribution is 2.28. The number of hydrogen-bond donors (Lipinski definition) is 2. The Kier molecular flexibility index (Phi) is 9.72. The number of esters is 2. The molecule has 12 nitrogen and oxygen atoms in total. The Morgan fingerprint density at radius 3 is 2.39 bits per heavy atom. The van der Waals surface area contributed by atoms with Gasteiger partial charge in [-0.2, -0.15) is 0 Å². The van der Waals surface area contributed by atoms with Crippen molar-refractivity contribution in [2.45, 2.75) is 45.1 Å². The number of aromatic hydroxyl groups is 1. The molecule has 0 unspecified atom stereocenters. The van der Waals surface area contributed by atoms with Crippen LogP contribution in [-0.2, 0) is 23.8 Å². The maximum absolute atomic E-state index is 13.0. The van der Waals surface area contributed by atoms with Crippen molar-refractivity contribution in [2.75, 3.05) is 27.4 Å².